The summed E-state index contributed by atoms with van der Waals surface area (Å²) in [5.74, 6) is -0.386. The number of carbonyl (C=O) groups excluding carboxylic acids is 2. The van der Waals surface area contributed by atoms with E-state index in [1.165, 1.54) is 0 Å². The third kappa shape index (κ3) is 5.80. The van der Waals surface area contributed by atoms with Crippen LogP contribution in [0.25, 0.3) is 0 Å². The van der Waals surface area contributed by atoms with Crippen LogP contribution in [-0.4, -0.2) is 18.4 Å². The van der Waals surface area contributed by atoms with Crippen molar-refractivity contribution in [2.24, 2.45) is 0 Å². The molecule has 0 aliphatic carbocycles. The van der Waals surface area contributed by atoms with Gasteiger partial charge in [-0.15, -0.1) is 0 Å². The molecule has 25 heavy (non-hydrogen) atoms. The second-order valence-electron chi connectivity index (χ2n) is 6.58. The molecule has 0 saturated heterocycles. The number of halogens is 1. The van der Waals surface area contributed by atoms with E-state index in [0.29, 0.717) is 16.3 Å². The van der Waals surface area contributed by atoms with Crippen molar-refractivity contribution < 1.29 is 14.3 Å². The quantitative estimate of drug-likeness (QED) is 0.820. The molecule has 0 heterocycles. The van der Waals surface area contributed by atoms with Gasteiger partial charge in [0.1, 0.15) is 5.75 Å². The van der Waals surface area contributed by atoms with E-state index < -0.39 is 11.8 Å². The Hall–Kier alpha value is -2.53. The summed E-state index contributed by atoms with van der Waals surface area (Å²) in [5, 5.41) is 0.518. The van der Waals surface area contributed by atoms with Crippen molar-refractivity contribution in [2.75, 3.05) is 6.61 Å². The number of rotatable bonds is 4. The van der Waals surface area contributed by atoms with Crippen LogP contribution in [0.15, 0.2) is 48.5 Å². The molecular formula is C19H21ClN2O3. The van der Waals surface area contributed by atoms with Gasteiger partial charge in [-0.3, -0.25) is 20.4 Å². The molecule has 5 nitrogen and oxygen atoms in total. The molecule has 132 valence electrons. The third-order valence-corrected chi connectivity index (χ3v) is 3.73. The van der Waals surface area contributed by atoms with E-state index in [4.69, 9.17) is 16.3 Å². The number of benzene rings is 2. The first kappa shape index (κ1) is 18.8. The average Bonchev–Trinajstić information content (AvgIpc) is 2.57. The number of hydrazine groups is 1. The van der Waals surface area contributed by atoms with Gasteiger partial charge in [0.15, 0.2) is 6.61 Å². The van der Waals surface area contributed by atoms with Gasteiger partial charge in [0.05, 0.1) is 0 Å². The summed E-state index contributed by atoms with van der Waals surface area (Å²) in [6.45, 7) is 6.07. The largest absolute Gasteiger partial charge is 0.484 e. The lowest BCUT2D eigenvalue weighted by Gasteiger charge is -2.19. The van der Waals surface area contributed by atoms with E-state index >= 15 is 0 Å². The molecule has 2 N–H and O–H groups in total. The second-order valence-corrected chi connectivity index (χ2v) is 7.01. The monoisotopic (exact) mass is 360 g/mol. The van der Waals surface area contributed by atoms with E-state index in [0.717, 1.165) is 5.56 Å². The van der Waals surface area contributed by atoms with Gasteiger partial charge < -0.3 is 4.74 Å². The Balaban J connectivity index is 1.82. The Labute approximate surface area is 152 Å². The molecule has 2 rings (SSSR count). The molecule has 6 heteroatoms. The zero-order valence-corrected chi connectivity index (χ0v) is 15.2. The Bertz CT molecular complexity index is 752. The van der Waals surface area contributed by atoms with Crippen LogP contribution in [0.4, 0.5) is 0 Å². The zero-order valence-electron chi connectivity index (χ0n) is 14.4. The molecule has 0 aliphatic rings. The first-order valence-electron chi connectivity index (χ1n) is 7.84. The molecule has 0 fully saturated rings. The lowest BCUT2D eigenvalue weighted by Crippen LogP contribution is -2.43. The van der Waals surface area contributed by atoms with Gasteiger partial charge in [-0.1, -0.05) is 50.6 Å². The fourth-order valence-electron chi connectivity index (χ4n) is 2.06. The maximum Gasteiger partial charge on any atom is 0.276 e. The minimum Gasteiger partial charge on any atom is -0.484 e. The molecule has 2 aromatic rings. The van der Waals surface area contributed by atoms with Gasteiger partial charge in [0.2, 0.25) is 0 Å². The van der Waals surface area contributed by atoms with Gasteiger partial charge in [-0.25, -0.2) is 0 Å². The molecule has 0 radical (unpaired) electrons. The van der Waals surface area contributed by atoms with Crippen LogP contribution in [0.5, 0.6) is 5.75 Å². The van der Waals surface area contributed by atoms with Crippen LogP contribution in [0.2, 0.25) is 5.02 Å². The SMILES string of the molecule is CC(C)(C)c1ccc(C(=O)NNC(=O)COc2cccc(Cl)c2)cc1. The number of amides is 2. The first-order chi connectivity index (χ1) is 11.8. The van der Waals surface area contributed by atoms with E-state index in [9.17, 15) is 9.59 Å². The highest BCUT2D eigenvalue weighted by Gasteiger charge is 2.14. The highest BCUT2D eigenvalue weighted by atomic mass is 35.5. The highest BCUT2D eigenvalue weighted by Crippen LogP contribution is 2.22. The number of ether oxygens (including phenoxy) is 1. The number of hydrogen-bond acceptors (Lipinski definition) is 3. The standard InChI is InChI=1S/C19H21ClN2O3/c1-19(2,3)14-9-7-13(8-10-14)18(24)22-21-17(23)12-25-16-6-4-5-15(20)11-16/h4-11H,12H2,1-3H3,(H,21,23)(H,22,24). The van der Waals surface area contributed by atoms with Gasteiger partial charge in [0, 0.05) is 10.6 Å². The van der Waals surface area contributed by atoms with Gasteiger partial charge in [-0.05, 0) is 41.3 Å². The predicted molar refractivity (Wildman–Crippen MR) is 97.7 cm³/mol. The molecule has 0 unspecified atom stereocenters. The molecule has 0 aliphatic heterocycles. The van der Waals surface area contributed by atoms with Crippen molar-refractivity contribution in [1.82, 2.24) is 10.9 Å². The van der Waals surface area contributed by atoms with Crippen LogP contribution in [0, 0.1) is 0 Å². The normalized spacial score (nSPS) is 10.9. The van der Waals surface area contributed by atoms with Gasteiger partial charge in [-0.2, -0.15) is 0 Å². The van der Waals surface area contributed by atoms with Crippen molar-refractivity contribution in [3.8, 4) is 5.75 Å². The fourth-order valence-corrected chi connectivity index (χ4v) is 2.24. The van der Waals surface area contributed by atoms with Crippen LogP contribution in [-0.2, 0) is 10.2 Å². The van der Waals surface area contributed by atoms with E-state index in [-0.39, 0.29) is 12.0 Å². The molecule has 0 saturated carbocycles. The summed E-state index contributed by atoms with van der Waals surface area (Å²) < 4.78 is 5.29. The van der Waals surface area contributed by atoms with E-state index in [1.807, 2.05) is 12.1 Å². The summed E-state index contributed by atoms with van der Waals surface area (Å²) in [5.41, 5.74) is 6.28. The lowest BCUT2D eigenvalue weighted by molar-refractivity contribution is -0.123. The van der Waals surface area contributed by atoms with Crippen LogP contribution in [0.1, 0.15) is 36.7 Å². The molecule has 0 bridgehead atoms. The summed E-state index contributed by atoms with van der Waals surface area (Å²) in [6, 6.07) is 14.0. The third-order valence-electron chi connectivity index (χ3n) is 3.49. The molecule has 0 atom stereocenters. The summed E-state index contributed by atoms with van der Waals surface area (Å²) in [4.78, 5) is 23.8. The van der Waals surface area contributed by atoms with Crippen LogP contribution < -0.4 is 15.6 Å². The summed E-state index contributed by atoms with van der Waals surface area (Å²) in [7, 11) is 0. The van der Waals surface area contributed by atoms with Crippen LogP contribution in [0.3, 0.4) is 0 Å². The minimum absolute atomic E-state index is 0.0148. The average molecular weight is 361 g/mol. The maximum absolute atomic E-state index is 12.0. The van der Waals surface area contributed by atoms with Crippen molar-refractivity contribution in [3.05, 3.63) is 64.7 Å². The molecular weight excluding hydrogens is 340 g/mol. The molecule has 0 aromatic heterocycles. The second kappa shape index (κ2) is 8.03. The Morgan fingerprint density at radius 3 is 2.32 bits per heavy atom. The van der Waals surface area contributed by atoms with Crippen LogP contribution >= 0.6 is 11.6 Å². The fraction of sp³-hybridized carbons (Fsp3) is 0.263. The topological polar surface area (TPSA) is 67.4 Å². The number of nitrogens with one attached hydrogen (secondary N) is 2. The maximum atomic E-state index is 12.0. The van der Waals surface area contributed by atoms with Gasteiger partial charge in [0.25, 0.3) is 11.8 Å². The van der Waals surface area contributed by atoms with Crippen molar-refractivity contribution in [1.29, 1.82) is 0 Å². The molecule has 0 spiro atoms. The molecule has 2 aromatic carbocycles. The van der Waals surface area contributed by atoms with Crippen molar-refractivity contribution in [2.45, 2.75) is 26.2 Å². The Kier molecular flexibility index (Phi) is 6.04. The number of hydrogen-bond donors (Lipinski definition) is 2. The van der Waals surface area contributed by atoms with Gasteiger partial charge >= 0.3 is 0 Å². The zero-order chi connectivity index (χ0) is 18.4. The summed E-state index contributed by atoms with van der Waals surface area (Å²) >= 11 is 5.83. The lowest BCUT2D eigenvalue weighted by atomic mass is 9.87. The Morgan fingerprint density at radius 2 is 1.72 bits per heavy atom. The predicted octanol–water partition coefficient (Wildman–Crippen LogP) is 3.48. The molecule has 2 amide bonds. The number of carbonyl (C=O) groups is 2. The van der Waals surface area contributed by atoms with Crippen molar-refractivity contribution >= 4 is 23.4 Å². The smallest absolute Gasteiger partial charge is 0.276 e. The van der Waals surface area contributed by atoms with E-state index in [2.05, 4.69) is 31.6 Å². The van der Waals surface area contributed by atoms with Crippen molar-refractivity contribution in [3.63, 3.8) is 0 Å². The van der Waals surface area contributed by atoms with E-state index in [1.54, 1.807) is 36.4 Å². The summed E-state index contributed by atoms with van der Waals surface area (Å²) in [6.07, 6.45) is 0. The highest BCUT2D eigenvalue weighted by molar-refractivity contribution is 6.30. The minimum atomic E-state index is -0.473. The first-order valence-corrected chi connectivity index (χ1v) is 8.21. The Morgan fingerprint density at radius 1 is 1.04 bits per heavy atom.